The van der Waals surface area contributed by atoms with Gasteiger partial charge < -0.3 is 14.7 Å². The van der Waals surface area contributed by atoms with Crippen LogP contribution in [0.25, 0.3) is 10.8 Å². The second-order valence-corrected chi connectivity index (χ2v) is 11.0. The normalized spacial score (nSPS) is 22.3. The van der Waals surface area contributed by atoms with Gasteiger partial charge in [-0.25, -0.2) is 4.98 Å². The molecule has 2 aromatic carbocycles. The van der Waals surface area contributed by atoms with Gasteiger partial charge in [-0.1, -0.05) is 44.2 Å². The molecule has 1 aliphatic heterocycles. The quantitative estimate of drug-likeness (QED) is 0.397. The molecule has 0 N–H and O–H groups in total. The van der Waals surface area contributed by atoms with Crippen LogP contribution in [0.1, 0.15) is 38.7 Å². The van der Waals surface area contributed by atoms with Crippen molar-refractivity contribution in [3.05, 3.63) is 66.4 Å². The standard InChI is InChI=1S/C30H35F3N4O/c1-21(2)29(12-10-26(20-29)35(3)25-9-8-22-6-4-5-7-23(22)18-25)28(38)37-16-14-36(15-17-37)27-19-24(11-13-34-27)30(31,32)33/h4-9,11,13,18-19,21,26H,10,12,14-17,20H2,1-3H3/t26-,29+/m1/s1. The number of alkyl halides is 3. The van der Waals surface area contributed by atoms with Gasteiger partial charge in [0, 0.05) is 51.2 Å². The molecular weight excluding hydrogens is 489 g/mol. The zero-order chi connectivity index (χ0) is 27.1. The first kappa shape index (κ1) is 26.3. The van der Waals surface area contributed by atoms with Gasteiger partial charge in [0.15, 0.2) is 0 Å². The molecule has 0 spiro atoms. The van der Waals surface area contributed by atoms with E-state index >= 15 is 0 Å². The summed E-state index contributed by atoms with van der Waals surface area (Å²) in [5, 5.41) is 2.41. The first-order chi connectivity index (χ1) is 18.1. The third-order valence-electron chi connectivity index (χ3n) is 8.71. The zero-order valence-corrected chi connectivity index (χ0v) is 22.2. The van der Waals surface area contributed by atoms with Crippen LogP contribution >= 0.6 is 0 Å². The predicted molar refractivity (Wildman–Crippen MR) is 145 cm³/mol. The number of anilines is 2. The van der Waals surface area contributed by atoms with Crippen molar-refractivity contribution in [2.24, 2.45) is 11.3 Å². The Kier molecular flexibility index (Phi) is 7.01. The van der Waals surface area contributed by atoms with Crippen molar-refractivity contribution in [2.75, 3.05) is 43.0 Å². The Morgan fingerprint density at radius 2 is 1.74 bits per heavy atom. The fourth-order valence-corrected chi connectivity index (χ4v) is 6.17. The molecule has 5 rings (SSSR count). The maximum absolute atomic E-state index is 14.0. The number of amides is 1. The van der Waals surface area contributed by atoms with Crippen molar-refractivity contribution in [1.29, 1.82) is 0 Å². The van der Waals surface area contributed by atoms with E-state index in [1.54, 1.807) is 0 Å². The molecule has 0 bridgehead atoms. The van der Waals surface area contributed by atoms with Gasteiger partial charge in [-0.15, -0.1) is 0 Å². The lowest BCUT2D eigenvalue weighted by Gasteiger charge is -2.42. The van der Waals surface area contributed by atoms with Crippen molar-refractivity contribution in [2.45, 2.75) is 45.3 Å². The number of hydrogen-bond acceptors (Lipinski definition) is 4. The number of aromatic nitrogens is 1. The number of rotatable bonds is 5. The molecule has 5 nitrogen and oxygen atoms in total. The number of benzene rings is 2. The number of carbonyl (C=O) groups is 1. The van der Waals surface area contributed by atoms with E-state index < -0.39 is 17.2 Å². The maximum atomic E-state index is 14.0. The molecule has 8 heteroatoms. The smallest absolute Gasteiger partial charge is 0.372 e. The predicted octanol–water partition coefficient (Wildman–Crippen LogP) is 6.23. The third-order valence-corrected chi connectivity index (χ3v) is 8.71. The fraction of sp³-hybridized carbons (Fsp3) is 0.467. The highest BCUT2D eigenvalue weighted by molar-refractivity contribution is 5.86. The van der Waals surface area contributed by atoms with Crippen LogP contribution in [0.4, 0.5) is 24.7 Å². The maximum Gasteiger partial charge on any atom is 0.416 e. The summed E-state index contributed by atoms with van der Waals surface area (Å²) in [6.45, 7) is 6.17. The minimum atomic E-state index is -4.40. The van der Waals surface area contributed by atoms with Crippen molar-refractivity contribution in [3.8, 4) is 0 Å². The summed E-state index contributed by atoms with van der Waals surface area (Å²) in [4.78, 5) is 24.2. The molecule has 2 fully saturated rings. The van der Waals surface area contributed by atoms with E-state index in [1.807, 2.05) is 21.9 Å². The SMILES string of the molecule is CC(C)[C@]1(C(=O)N2CCN(c3cc(C(F)(F)F)ccn3)CC2)CC[C@@H](N(C)c2ccc3ccccc3c2)C1. The summed E-state index contributed by atoms with van der Waals surface area (Å²) in [5.74, 6) is 0.676. The van der Waals surface area contributed by atoms with Gasteiger partial charge in [-0.05, 0) is 60.2 Å². The number of pyridine rings is 1. The summed E-state index contributed by atoms with van der Waals surface area (Å²) in [5.41, 5.74) is 0.0158. The van der Waals surface area contributed by atoms with Crippen LogP contribution in [0.5, 0.6) is 0 Å². The van der Waals surface area contributed by atoms with Gasteiger partial charge in [0.05, 0.1) is 11.0 Å². The van der Waals surface area contributed by atoms with Crippen molar-refractivity contribution in [3.63, 3.8) is 0 Å². The highest BCUT2D eigenvalue weighted by atomic mass is 19.4. The lowest BCUT2D eigenvalue weighted by Crippen LogP contribution is -2.54. The van der Waals surface area contributed by atoms with Gasteiger partial charge in [-0.2, -0.15) is 13.2 Å². The highest BCUT2D eigenvalue weighted by Gasteiger charge is 2.50. The van der Waals surface area contributed by atoms with Crippen LogP contribution in [-0.4, -0.2) is 55.1 Å². The highest BCUT2D eigenvalue weighted by Crippen LogP contribution is 2.48. The summed E-state index contributed by atoms with van der Waals surface area (Å²) < 4.78 is 39.5. The summed E-state index contributed by atoms with van der Waals surface area (Å²) >= 11 is 0. The van der Waals surface area contributed by atoms with E-state index in [9.17, 15) is 18.0 Å². The molecule has 1 saturated heterocycles. The Balaban J connectivity index is 1.27. The Labute approximate surface area is 222 Å². The van der Waals surface area contributed by atoms with Crippen molar-refractivity contribution in [1.82, 2.24) is 9.88 Å². The number of carbonyl (C=O) groups excluding carboxylic acids is 1. The molecule has 1 saturated carbocycles. The van der Waals surface area contributed by atoms with Gasteiger partial charge in [-0.3, -0.25) is 4.79 Å². The average Bonchev–Trinajstić information content (AvgIpc) is 3.39. The lowest BCUT2D eigenvalue weighted by atomic mass is 9.74. The summed E-state index contributed by atoms with van der Waals surface area (Å²) in [7, 11) is 2.12. The Morgan fingerprint density at radius 1 is 1.03 bits per heavy atom. The molecule has 1 aromatic heterocycles. The minimum absolute atomic E-state index is 0.179. The van der Waals surface area contributed by atoms with Crippen molar-refractivity contribution < 1.29 is 18.0 Å². The minimum Gasteiger partial charge on any atom is -0.372 e. The summed E-state index contributed by atoms with van der Waals surface area (Å²) in [6.07, 6.45) is -0.628. The van der Waals surface area contributed by atoms with Crippen LogP contribution in [-0.2, 0) is 11.0 Å². The number of piperazine rings is 1. The van der Waals surface area contributed by atoms with Crippen LogP contribution in [0.2, 0.25) is 0 Å². The van der Waals surface area contributed by atoms with Gasteiger partial charge in [0.2, 0.25) is 5.91 Å². The monoisotopic (exact) mass is 524 g/mol. The van der Waals surface area contributed by atoms with Gasteiger partial charge >= 0.3 is 6.18 Å². The van der Waals surface area contributed by atoms with E-state index in [4.69, 9.17) is 0 Å². The molecular formula is C30H35F3N4O. The van der Waals surface area contributed by atoms with Crippen LogP contribution in [0.15, 0.2) is 60.8 Å². The molecule has 1 amide bonds. The second-order valence-electron chi connectivity index (χ2n) is 11.0. The van der Waals surface area contributed by atoms with E-state index in [2.05, 4.69) is 61.1 Å². The molecule has 3 aromatic rings. The van der Waals surface area contributed by atoms with Crippen LogP contribution in [0, 0.1) is 11.3 Å². The largest absolute Gasteiger partial charge is 0.416 e. The van der Waals surface area contributed by atoms with Crippen molar-refractivity contribution >= 4 is 28.2 Å². The molecule has 2 aliphatic rings. The first-order valence-corrected chi connectivity index (χ1v) is 13.4. The lowest BCUT2D eigenvalue weighted by molar-refractivity contribution is -0.145. The molecule has 38 heavy (non-hydrogen) atoms. The van der Waals surface area contributed by atoms with E-state index in [0.29, 0.717) is 32.0 Å². The van der Waals surface area contributed by atoms with Crippen LogP contribution < -0.4 is 9.80 Å². The molecule has 2 heterocycles. The number of nitrogens with zero attached hydrogens (tertiary/aromatic N) is 4. The number of hydrogen-bond donors (Lipinski definition) is 0. The second kappa shape index (κ2) is 10.1. The Morgan fingerprint density at radius 3 is 2.42 bits per heavy atom. The Bertz CT molecular complexity index is 1300. The van der Waals surface area contributed by atoms with Gasteiger partial charge in [0.25, 0.3) is 0 Å². The topological polar surface area (TPSA) is 39.7 Å². The number of fused-ring (bicyclic) bond motifs is 1. The molecule has 2 atom stereocenters. The fourth-order valence-electron chi connectivity index (χ4n) is 6.17. The molecule has 1 aliphatic carbocycles. The molecule has 0 unspecified atom stereocenters. The summed E-state index contributed by atoms with van der Waals surface area (Å²) in [6, 6.07) is 17.2. The molecule has 0 radical (unpaired) electrons. The Hall–Kier alpha value is -3.29. The van der Waals surface area contributed by atoms with E-state index in [-0.39, 0.29) is 17.9 Å². The average molecular weight is 525 g/mol. The van der Waals surface area contributed by atoms with Gasteiger partial charge in [0.1, 0.15) is 5.82 Å². The van der Waals surface area contributed by atoms with E-state index in [0.717, 1.165) is 37.1 Å². The number of halogens is 3. The van der Waals surface area contributed by atoms with Crippen LogP contribution in [0.3, 0.4) is 0 Å². The first-order valence-electron chi connectivity index (χ1n) is 13.4. The third kappa shape index (κ3) is 4.93. The van der Waals surface area contributed by atoms with E-state index in [1.165, 1.54) is 17.0 Å². The zero-order valence-electron chi connectivity index (χ0n) is 22.2. The molecule has 202 valence electrons.